The molecule has 2 N–H and O–H groups in total. The molecule has 0 aliphatic rings. The predicted molar refractivity (Wildman–Crippen MR) is 125 cm³/mol. The molecule has 2 aromatic carbocycles. The molecule has 0 aliphatic carbocycles. The molecule has 4 rings (SSSR count). The molecule has 7 nitrogen and oxygen atoms in total. The van der Waals surface area contributed by atoms with Crippen LogP contribution in [0, 0.1) is 6.92 Å². The van der Waals surface area contributed by atoms with Crippen molar-refractivity contribution in [2.75, 3.05) is 19.4 Å². The molecule has 31 heavy (non-hydrogen) atoms. The minimum atomic E-state index is -0.235. The van der Waals surface area contributed by atoms with Crippen molar-refractivity contribution in [3.63, 3.8) is 0 Å². The molecule has 0 saturated carbocycles. The molecule has 0 aliphatic heterocycles. The van der Waals surface area contributed by atoms with Gasteiger partial charge in [-0.1, -0.05) is 43.0 Å². The highest BCUT2D eigenvalue weighted by Crippen LogP contribution is 2.30. The van der Waals surface area contributed by atoms with Gasteiger partial charge in [-0.05, 0) is 37.1 Å². The van der Waals surface area contributed by atoms with E-state index in [-0.39, 0.29) is 17.2 Å². The van der Waals surface area contributed by atoms with Gasteiger partial charge in [0.25, 0.3) is 5.56 Å². The van der Waals surface area contributed by atoms with Crippen molar-refractivity contribution in [1.82, 2.24) is 19.9 Å². The number of benzene rings is 2. The Balaban J connectivity index is 1.93. The maximum atomic E-state index is 13.6. The number of para-hydroxylation sites is 1. The van der Waals surface area contributed by atoms with Crippen molar-refractivity contribution in [2.45, 2.75) is 25.4 Å². The summed E-state index contributed by atoms with van der Waals surface area (Å²) in [5, 5.41) is 4.18. The van der Waals surface area contributed by atoms with Gasteiger partial charge in [-0.25, -0.2) is 9.55 Å². The van der Waals surface area contributed by atoms with E-state index in [1.54, 1.807) is 7.11 Å². The summed E-state index contributed by atoms with van der Waals surface area (Å²) >= 11 is 1.24. The molecule has 8 heteroatoms. The zero-order valence-corrected chi connectivity index (χ0v) is 18.5. The van der Waals surface area contributed by atoms with E-state index in [1.165, 1.54) is 16.3 Å². The first kappa shape index (κ1) is 21.0. The number of ether oxygens (including phenoxy) is 1. The number of fused-ring (bicyclic) bond motifs is 3. The Bertz CT molecular complexity index is 1330. The SMILES string of the molecule is CCCNC(=O)CSc1nc2c([nH]c3ccccc32)c(=O)n1-c1cc(C)ccc1OC. The fraction of sp³-hybridized carbons (Fsp3) is 0.261. The van der Waals surface area contributed by atoms with Gasteiger partial charge in [0, 0.05) is 17.4 Å². The van der Waals surface area contributed by atoms with Crippen LogP contribution in [0.5, 0.6) is 5.75 Å². The lowest BCUT2D eigenvalue weighted by Crippen LogP contribution is -2.27. The second-order valence-electron chi connectivity index (χ2n) is 7.24. The first-order valence-corrected chi connectivity index (χ1v) is 11.1. The Morgan fingerprint density at radius 1 is 1.26 bits per heavy atom. The largest absolute Gasteiger partial charge is 0.495 e. The van der Waals surface area contributed by atoms with E-state index in [1.807, 2.05) is 56.3 Å². The van der Waals surface area contributed by atoms with Crippen LogP contribution >= 0.6 is 11.8 Å². The predicted octanol–water partition coefficient (Wildman–Crippen LogP) is 3.80. The molecule has 0 saturated heterocycles. The Morgan fingerprint density at radius 3 is 2.84 bits per heavy atom. The number of rotatable bonds is 7. The zero-order chi connectivity index (χ0) is 22.0. The lowest BCUT2D eigenvalue weighted by Gasteiger charge is -2.15. The molecular weight excluding hydrogens is 412 g/mol. The van der Waals surface area contributed by atoms with Crippen LogP contribution in [0.3, 0.4) is 0 Å². The Morgan fingerprint density at radius 2 is 2.06 bits per heavy atom. The highest BCUT2D eigenvalue weighted by Gasteiger charge is 2.20. The second kappa shape index (κ2) is 8.85. The van der Waals surface area contributed by atoms with Crippen LogP contribution in [0.25, 0.3) is 27.6 Å². The average Bonchev–Trinajstić information content (AvgIpc) is 3.15. The van der Waals surface area contributed by atoms with Crippen LogP contribution in [0.15, 0.2) is 52.4 Å². The molecule has 0 atom stereocenters. The standard InChI is InChI=1S/C23H24N4O3S/c1-4-11-24-19(28)13-31-23-26-20-15-7-5-6-8-16(15)25-21(20)22(29)27(23)17-12-14(2)9-10-18(17)30-3/h5-10,12,25H,4,11,13H2,1-3H3,(H,24,28). The Labute approximate surface area is 183 Å². The van der Waals surface area contributed by atoms with Gasteiger partial charge in [0.2, 0.25) is 5.91 Å². The van der Waals surface area contributed by atoms with Crippen molar-refractivity contribution in [1.29, 1.82) is 0 Å². The normalized spacial score (nSPS) is 11.2. The lowest BCUT2D eigenvalue weighted by atomic mass is 10.2. The summed E-state index contributed by atoms with van der Waals surface area (Å²) in [6, 6.07) is 13.3. The van der Waals surface area contributed by atoms with E-state index in [2.05, 4.69) is 10.3 Å². The first-order chi connectivity index (χ1) is 15.0. The van der Waals surface area contributed by atoms with Gasteiger partial charge >= 0.3 is 0 Å². The number of H-pyrrole nitrogens is 1. The number of nitrogens with zero attached hydrogens (tertiary/aromatic N) is 2. The molecule has 0 bridgehead atoms. The molecule has 1 amide bonds. The van der Waals surface area contributed by atoms with E-state index in [0.29, 0.717) is 34.2 Å². The third-order valence-corrected chi connectivity index (χ3v) is 5.91. The monoisotopic (exact) mass is 436 g/mol. The van der Waals surface area contributed by atoms with Crippen molar-refractivity contribution in [3.8, 4) is 11.4 Å². The molecule has 4 aromatic rings. The van der Waals surface area contributed by atoms with Crippen molar-refractivity contribution >= 4 is 39.6 Å². The first-order valence-electron chi connectivity index (χ1n) is 10.1. The molecule has 0 spiro atoms. The number of amides is 1. The number of nitrogens with one attached hydrogen (secondary N) is 2. The second-order valence-corrected chi connectivity index (χ2v) is 8.19. The molecule has 0 radical (unpaired) electrons. The fourth-order valence-corrected chi connectivity index (χ4v) is 4.30. The highest BCUT2D eigenvalue weighted by molar-refractivity contribution is 7.99. The third-order valence-electron chi connectivity index (χ3n) is 4.97. The molecule has 160 valence electrons. The number of hydrogen-bond donors (Lipinski definition) is 2. The van der Waals surface area contributed by atoms with Crippen LogP contribution in [0.1, 0.15) is 18.9 Å². The average molecular weight is 437 g/mol. The molecule has 2 heterocycles. The van der Waals surface area contributed by atoms with Crippen molar-refractivity contribution in [2.24, 2.45) is 0 Å². The van der Waals surface area contributed by atoms with Crippen LogP contribution < -0.4 is 15.6 Å². The van der Waals surface area contributed by atoms with Crippen LogP contribution in [0.4, 0.5) is 0 Å². The lowest BCUT2D eigenvalue weighted by molar-refractivity contribution is -0.118. The van der Waals surface area contributed by atoms with Gasteiger partial charge in [0.15, 0.2) is 5.16 Å². The minimum Gasteiger partial charge on any atom is -0.495 e. The van der Waals surface area contributed by atoms with E-state index >= 15 is 0 Å². The summed E-state index contributed by atoms with van der Waals surface area (Å²) < 4.78 is 7.06. The maximum absolute atomic E-state index is 13.6. The van der Waals surface area contributed by atoms with Crippen molar-refractivity contribution < 1.29 is 9.53 Å². The highest BCUT2D eigenvalue weighted by atomic mass is 32.2. The summed E-state index contributed by atoms with van der Waals surface area (Å²) in [6.07, 6.45) is 0.862. The summed E-state index contributed by atoms with van der Waals surface area (Å²) in [6.45, 7) is 4.57. The minimum absolute atomic E-state index is 0.0946. The van der Waals surface area contributed by atoms with Gasteiger partial charge in [-0.15, -0.1) is 0 Å². The quantitative estimate of drug-likeness (QED) is 0.340. The zero-order valence-electron chi connectivity index (χ0n) is 17.7. The third kappa shape index (κ3) is 4.03. The van der Waals surface area contributed by atoms with Gasteiger partial charge in [0.05, 0.1) is 18.6 Å². The van der Waals surface area contributed by atoms with Gasteiger partial charge in [0.1, 0.15) is 16.8 Å². The number of carbonyl (C=O) groups excluding carboxylic acids is 1. The van der Waals surface area contributed by atoms with E-state index in [0.717, 1.165) is 22.9 Å². The van der Waals surface area contributed by atoms with Crippen LogP contribution in [-0.2, 0) is 4.79 Å². The number of aryl methyl sites for hydroxylation is 1. The van der Waals surface area contributed by atoms with Crippen LogP contribution in [-0.4, -0.2) is 39.8 Å². The summed E-state index contributed by atoms with van der Waals surface area (Å²) in [5.74, 6) is 0.624. The summed E-state index contributed by atoms with van der Waals surface area (Å²) in [5.41, 5.74) is 3.20. The number of aromatic nitrogens is 3. The van der Waals surface area contributed by atoms with E-state index in [4.69, 9.17) is 9.72 Å². The number of hydrogen-bond acceptors (Lipinski definition) is 5. The molecule has 2 aromatic heterocycles. The van der Waals surface area contributed by atoms with Crippen molar-refractivity contribution in [3.05, 3.63) is 58.4 Å². The Hall–Kier alpha value is -3.26. The number of thioether (sulfide) groups is 1. The summed E-state index contributed by atoms with van der Waals surface area (Å²) in [4.78, 5) is 33.9. The van der Waals surface area contributed by atoms with Gasteiger partial charge in [-0.2, -0.15) is 0 Å². The smallest absolute Gasteiger partial charge is 0.283 e. The number of methoxy groups -OCH3 is 1. The maximum Gasteiger partial charge on any atom is 0.283 e. The summed E-state index contributed by atoms with van der Waals surface area (Å²) in [7, 11) is 1.57. The topological polar surface area (TPSA) is 89.0 Å². The molecule has 0 fully saturated rings. The number of carbonyl (C=O) groups is 1. The molecular formula is C23H24N4O3S. The van der Waals surface area contributed by atoms with E-state index in [9.17, 15) is 9.59 Å². The van der Waals surface area contributed by atoms with Crippen LogP contribution in [0.2, 0.25) is 0 Å². The molecule has 0 unspecified atom stereocenters. The fourth-order valence-electron chi connectivity index (χ4n) is 3.47. The van der Waals surface area contributed by atoms with Gasteiger partial charge in [-0.3, -0.25) is 9.59 Å². The Kier molecular flexibility index (Phi) is 5.99. The van der Waals surface area contributed by atoms with Gasteiger partial charge < -0.3 is 15.0 Å². The van der Waals surface area contributed by atoms with E-state index < -0.39 is 0 Å². The number of aromatic amines is 1.